The average Bonchev–Trinajstić information content (AvgIpc) is 2.28. The molecule has 0 fully saturated rings. The molecule has 0 saturated heterocycles. The van der Waals surface area contributed by atoms with Crippen LogP contribution in [0, 0.1) is 0 Å². The van der Waals surface area contributed by atoms with Crippen LogP contribution in [0.1, 0.15) is 18.9 Å². The number of nitrogens with one attached hydrogen (secondary N) is 1. The van der Waals surface area contributed by atoms with Crippen LogP contribution in [0.5, 0.6) is 0 Å². The van der Waals surface area contributed by atoms with Crippen molar-refractivity contribution in [3.8, 4) is 0 Å². The highest BCUT2D eigenvalue weighted by atomic mass is 79.9. The monoisotopic (exact) mass is 316 g/mol. The fourth-order valence-electron chi connectivity index (χ4n) is 1.46. The predicted molar refractivity (Wildman–Crippen MR) is 79.6 cm³/mol. The summed E-state index contributed by atoms with van der Waals surface area (Å²) in [7, 11) is 0. The van der Waals surface area contributed by atoms with Gasteiger partial charge in [0.2, 0.25) is 0 Å². The van der Waals surface area contributed by atoms with Crippen LogP contribution >= 0.6 is 28.1 Å². The third-order valence-corrected chi connectivity index (χ3v) is 3.11. The molecule has 0 atom stereocenters. The van der Waals surface area contributed by atoms with Crippen molar-refractivity contribution in [3.63, 3.8) is 0 Å². The minimum atomic E-state index is 0.393. The molecule has 94 valence electrons. The summed E-state index contributed by atoms with van der Waals surface area (Å²) in [5.41, 5.74) is 7.53. The van der Waals surface area contributed by atoms with Crippen molar-refractivity contribution in [2.45, 2.75) is 13.3 Å². The molecule has 0 heterocycles. The first kappa shape index (κ1) is 14.4. The molecule has 0 aromatic heterocycles. The minimum Gasteiger partial charge on any atom is -0.389 e. The first-order valence-corrected chi connectivity index (χ1v) is 6.77. The van der Waals surface area contributed by atoms with Gasteiger partial charge in [-0.05, 0) is 41.4 Å². The maximum absolute atomic E-state index is 5.70. The van der Waals surface area contributed by atoms with Crippen molar-refractivity contribution in [3.05, 3.63) is 28.2 Å². The second kappa shape index (κ2) is 7.63. The molecule has 0 radical (unpaired) electrons. The normalized spacial score (nSPS) is 10.2. The van der Waals surface area contributed by atoms with Crippen LogP contribution in [-0.2, 0) is 4.74 Å². The molecule has 0 aliphatic carbocycles. The summed E-state index contributed by atoms with van der Waals surface area (Å²) < 4.78 is 6.19. The number of nitrogens with two attached hydrogens (primary N) is 1. The zero-order valence-corrected chi connectivity index (χ0v) is 12.2. The van der Waals surface area contributed by atoms with Crippen LogP contribution in [-0.4, -0.2) is 24.7 Å². The second-order valence-corrected chi connectivity index (χ2v) is 4.80. The van der Waals surface area contributed by atoms with Gasteiger partial charge < -0.3 is 15.8 Å². The Hall–Kier alpha value is -0.650. The molecule has 0 aliphatic heterocycles. The van der Waals surface area contributed by atoms with Gasteiger partial charge in [0.15, 0.2) is 0 Å². The molecule has 0 bridgehead atoms. The van der Waals surface area contributed by atoms with E-state index in [1.165, 1.54) is 0 Å². The Bertz CT molecular complexity index is 385. The largest absolute Gasteiger partial charge is 0.389 e. The zero-order valence-electron chi connectivity index (χ0n) is 9.83. The third-order valence-electron chi connectivity index (χ3n) is 2.25. The number of thiocarbonyl (C=S) groups is 1. The van der Waals surface area contributed by atoms with Crippen LogP contribution in [0.2, 0.25) is 0 Å². The zero-order chi connectivity index (χ0) is 12.7. The summed E-state index contributed by atoms with van der Waals surface area (Å²) in [6.07, 6.45) is 0.955. The van der Waals surface area contributed by atoms with Crippen molar-refractivity contribution < 1.29 is 4.74 Å². The fourth-order valence-corrected chi connectivity index (χ4v) is 2.39. The first-order valence-electron chi connectivity index (χ1n) is 5.56. The van der Waals surface area contributed by atoms with Crippen LogP contribution in [0.3, 0.4) is 0 Å². The number of benzene rings is 1. The molecule has 17 heavy (non-hydrogen) atoms. The summed E-state index contributed by atoms with van der Waals surface area (Å²) in [6, 6.07) is 5.86. The molecule has 0 amide bonds. The van der Waals surface area contributed by atoms with E-state index in [1.807, 2.05) is 25.1 Å². The van der Waals surface area contributed by atoms with Gasteiger partial charge in [-0.15, -0.1) is 0 Å². The van der Waals surface area contributed by atoms with Crippen LogP contribution in [0.15, 0.2) is 22.7 Å². The molecule has 1 aromatic rings. The number of hydrogen-bond donors (Lipinski definition) is 2. The van der Waals surface area contributed by atoms with Gasteiger partial charge in [0.1, 0.15) is 4.99 Å². The van der Waals surface area contributed by atoms with E-state index in [0.717, 1.165) is 41.9 Å². The lowest BCUT2D eigenvalue weighted by atomic mass is 10.1. The Morgan fingerprint density at radius 1 is 1.53 bits per heavy atom. The van der Waals surface area contributed by atoms with Gasteiger partial charge in [-0.3, -0.25) is 0 Å². The first-order chi connectivity index (χ1) is 8.16. The molecule has 0 saturated carbocycles. The third kappa shape index (κ3) is 4.61. The minimum absolute atomic E-state index is 0.393. The summed E-state index contributed by atoms with van der Waals surface area (Å²) in [6.45, 7) is 4.35. The quantitative estimate of drug-likeness (QED) is 0.600. The molecular weight excluding hydrogens is 300 g/mol. The molecule has 0 aliphatic rings. The lowest BCUT2D eigenvalue weighted by Gasteiger charge is -2.12. The summed E-state index contributed by atoms with van der Waals surface area (Å²) in [5.74, 6) is 0. The van der Waals surface area contributed by atoms with Gasteiger partial charge >= 0.3 is 0 Å². The lowest BCUT2D eigenvalue weighted by Crippen LogP contribution is -2.15. The molecule has 0 unspecified atom stereocenters. The number of rotatable bonds is 7. The van der Waals surface area contributed by atoms with Gasteiger partial charge in [-0.2, -0.15) is 0 Å². The van der Waals surface area contributed by atoms with Crippen LogP contribution in [0.4, 0.5) is 5.69 Å². The lowest BCUT2D eigenvalue weighted by molar-refractivity contribution is 0.147. The van der Waals surface area contributed by atoms with Crippen molar-refractivity contribution in [1.29, 1.82) is 0 Å². The van der Waals surface area contributed by atoms with Gasteiger partial charge in [-0.25, -0.2) is 0 Å². The van der Waals surface area contributed by atoms with Crippen LogP contribution < -0.4 is 11.1 Å². The fraction of sp³-hybridized carbons (Fsp3) is 0.417. The van der Waals surface area contributed by atoms with Gasteiger partial charge in [0.05, 0.1) is 0 Å². The highest BCUT2D eigenvalue weighted by Crippen LogP contribution is 2.24. The van der Waals surface area contributed by atoms with Crippen molar-refractivity contribution in [1.82, 2.24) is 0 Å². The molecule has 0 spiro atoms. The van der Waals surface area contributed by atoms with E-state index in [0.29, 0.717) is 4.99 Å². The second-order valence-electron chi connectivity index (χ2n) is 3.50. The predicted octanol–water partition coefficient (Wildman–Crippen LogP) is 2.92. The Labute approximate surface area is 116 Å². The van der Waals surface area contributed by atoms with Crippen molar-refractivity contribution in [2.75, 3.05) is 25.1 Å². The van der Waals surface area contributed by atoms with E-state index in [1.54, 1.807) is 0 Å². The topological polar surface area (TPSA) is 47.3 Å². The smallest absolute Gasteiger partial charge is 0.107 e. The maximum atomic E-state index is 5.70. The van der Waals surface area contributed by atoms with E-state index in [-0.39, 0.29) is 0 Å². The Morgan fingerprint density at radius 3 is 2.94 bits per heavy atom. The van der Waals surface area contributed by atoms with Crippen molar-refractivity contribution in [2.24, 2.45) is 5.73 Å². The SMILES string of the molecule is CCOCCCNc1cccc(Br)c1C(N)=S. The maximum Gasteiger partial charge on any atom is 0.107 e. The molecule has 1 rings (SSSR count). The number of anilines is 1. The van der Waals surface area contributed by atoms with E-state index in [9.17, 15) is 0 Å². The van der Waals surface area contributed by atoms with Crippen molar-refractivity contribution >= 4 is 38.8 Å². The molecule has 3 nitrogen and oxygen atoms in total. The highest BCUT2D eigenvalue weighted by Gasteiger charge is 2.08. The molecule has 5 heteroatoms. The molecule has 1 aromatic carbocycles. The van der Waals surface area contributed by atoms with Gasteiger partial charge in [0.25, 0.3) is 0 Å². The number of hydrogen-bond acceptors (Lipinski definition) is 3. The summed E-state index contributed by atoms with van der Waals surface area (Å²) in [5, 5.41) is 3.32. The Balaban J connectivity index is 2.58. The average molecular weight is 317 g/mol. The van der Waals surface area contributed by atoms with Gasteiger partial charge in [-0.1, -0.05) is 18.3 Å². The van der Waals surface area contributed by atoms with Crippen LogP contribution in [0.25, 0.3) is 0 Å². The number of ether oxygens (including phenoxy) is 1. The number of halogens is 1. The van der Waals surface area contributed by atoms with E-state index < -0.39 is 0 Å². The van der Waals surface area contributed by atoms with Gasteiger partial charge in [0, 0.05) is 35.5 Å². The molecule has 3 N–H and O–H groups in total. The Kier molecular flexibility index (Phi) is 6.47. The summed E-state index contributed by atoms with van der Waals surface area (Å²) >= 11 is 8.49. The van der Waals surface area contributed by atoms with E-state index >= 15 is 0 Å². The standard InChI is InChI=1S/C12H17BrN2OS/c1-2-16-8-4-7-15-10-6-3-5-9(13)11(10)12(14)17/h3,5-6,15H,2,4,7-8H2,1H3,(H2,14,17). The van der Waals surface area contributed by atoms with E-state index in [4.69, 9.17) is 22.7 Å². The molecular formula is C12H17BrN2OS. The summed E-state index contributed by atoms with van der Waals surface area (Å²) in [4.78, 5) is 0.393. The Morgan fingerprint density at radius 2 is 2.29 bits per heavy atom. The van der Waals surface area contributed by atoms with E-state index in [2.05, 4.69) is 21.2 Å². The highest BCUT2D eigenvalue weighted by molar-refractivity contribution is 9.10.